The number of carboxylic acid groups (broad SMARTS) is 2. The summed E-state index contributed by atoms with van der Waals surface area (Å²) in [6.45, 7) is 1.44. The fourth-order valence-electron chi connectivity index (χ4n) is 2.00. The van der Waals surface area contributed by atoms with Crippen molar-refractivity contribution >= 4 is 35.5 Å². The van der Waals surface area contributed by atoms with Gasteiger partial charge in [0.05, 0.1) is 5.44 Å². The molecule has 0 aliphatic carbocycles. The highest BCUT2D eigenvalue weighted by Gasteiger charge is 2.23. The van der Waals surface area contributed by atoms with E-state index in [2.05, 4.69) is 10.6 Å². The number of carbonyl (C=O) groups is 4. The fourth-order valence-corrected chi connectivity index (χ4v) is 2.99. The number of thioether (sulfide) groups is 1. The highest BCUT2D eigenvalue weighted by Crippen LogP contribution is 2.16. The molecule has 10 nitrogen and oxygen atoms in total. The molecule has 0 radical (unpaired) electrons. The molecule has 0 saturated carbocycles. The number of hydrogen-bond donors (Lipinski definition) is 6. The lowest BCUT2D eigenvalue weighted by Gasteiger charge is -2.19. The van der Waals surface area contributed by atoms with Crippen molar-refractivity contribution in [2.75, 3.05) is 12.3 Å². The normalized spacial score (nSPS) is 14.0. The van der Waals surface area contributed by atoms with Gasteiger partial charge in [0.2, 0.25) is 11.8 Å². The van der Waals surface area contributed by atoms with Gasteiger partial charge in [0, 0.05) is 12.2 Å². The first-order valence-electron chi connectivity index (χ1n) is 8.74. The number of unbranched alkanes of at least 4 members (excludes halogenated alkanes) is 2. The molecule has 0 aromatic rings. The molecule has 0 aliphatic heterocycles. The monoisotopic (exact) mass is 407 g/mol. The van der Waals surface area contributed by atoms with Gasteiger partial charge in [0.15, 0.2) is 0 Å². The summed E-state index contributed by atoms with van der Waals surface area (Å²) in [5.41, 5.74) is 4.63. The van der Waals surface area contributed by atoms with Gasteiger partial charge >= 0.3 is 11.9 Å². The number of rotatable bonds is 15. The summed E-state index contributed by atoms with van der Waals surface area (Å²) in [4.78, 5) is 45.3. The summed E-state index contributed by atoms with van der Waals surface area (Å²) in [6, 6.07) is -2.24. The molecule has 0 rings (SSSR count). The second-order valence-corrected chi connectivity index (χ2v) is 7.21. The van der Waals surface area contributed by atoms with Crippen molar-refractivity contribution in [3.8, 4) is 0 Å². The van der Waals surface area contributed by atoms with Crippen LogP contribution in [0.5, 0.6) is 0 Å². The number of aliphatic hydroxyl groups excluding tert-OH is 1. The number of nitrogens with one attached hydrogen (secondary N) is 2. The molecule has 0 heterocycles. The van der Waals surface area contributed by atoms with Crippen LogP contribution in [-0.4, -0.2) is 68.9 Å². The summed E-state index contributed by atoms with van der Waals surface area (Å²) >= 11 is 1.08. The zero-order chi connectivity index (χ0) is 20.8. The molecule has 0 fully saturated rings. The van der Waals surface area contributed by atoms with Gasteiger partial charge in [-0.15, -0.1) is 11.8 Å². The summed E-state index contributed by atoms with van der Waals surface area (Å²) in [6.07, 6.45) is 3.06. The first-order chi connectivity index (χ1) is 12.7. The Morgan fingerprint density at radius 2 is 1.78 bits per heavy atom. The highest BCUT2D eigenvalue weighted by molar-refractivity contribution is 7.99. The van der Waals surface area contributed by atoms with Gasteiger partial charge in [-0.05, 0) is 12.8 Å². The van der Waals surface area contributed by atoms with Gasteiger partial charge < -0.3 is 31.7 Å². The van der Waals surface area contributed by atoms with Gasteiger partial charge in [0.25, 0.3) is 0 Å². The van der Waals surface area contributed by atoms with E-state index in [0.29, 0.717) is 6.42 Å². The van der Waals surface area contributed by atoms with Crippen molar-refractivity contribution in [2.24, 2.45) is 5.73 Å². The van der Waals surface area contributed by atoms with Crippen molar-refractivity contribution in [2.45, 2.75) is 63.0 Å². The molecule has 1 unspecified atom stereocenters. The molecule has 0 spiro atoms. The molecule has 0 bridgehead atoms. The smallest absolute Gasteiger partial charge is 0.322 e. The summed E-state index contributed by atoms with van der Waals surface area (Å²) < 4.78 is 0. The topological polar surface area (TPSA) is 179 Å². The lowest BCUT2D eigenvalue weighted by atomic mass is 10.1. The maximum absolute atomic E-state index is 12.1. The average Bonchev–Trinajstić information content (AvgIpc) is 2.60. The van der Waals surface area contributed by atoms with Gasteiger partial charge in [-0.2, -0.15) is 0 Å². The second kappa shape index (κ2) is 14.2. The molecule has 3 atom stereocenters. The van der Waals surface area contributed by atoms with Crippen LogP contribution in [-0.2, 0) is 19.2 Å². The predicted octanol–water partition coefficient (Wildman–Crippen LogP) is -0.504. The molecular weight excluding hydrogens is 378 g/mol. The lowest BCUT2D eigenvalue weighted by molar-refractivity contribution is -0.139. The molecule has 7 N–H and O–H groups in total. The Balaban J connectivity index is 4.63. The molecule has 156 valence electrons. The van der Waals surface area contributed by atoms with Crippen LogP contribution in [0.25, 0.3) is 0 Å². The van der Waals surface area contributed by atoms with E-state index >= 15 is 0 Å². The number of amides is 2. The third kappa shape index (κ3) is 13.0. The first-order valence-corrected chi connectivity index (χ1v) is 9.79. The van der Waals surface area contributed by atoms with E-state index in [9.17, 15) is 24.3 Å². The number of hydrogen-bond acceptors (Lipinski definition) is 7. The minimum Gasteiger partial charge on any atom is -0.480 e. The summed E-state index contributed by atoms with van der Waals surface area (Å²) in [5.74, 6) is -3.68. The molecule has 11 heteroatoms. The zero-order valence-electron chi connectivity index (χ0n) is 15.3. The standard InChI is InChI=1S/C16H29N3O7S/c1-2-3-4-5-14(23)27-9-11(15(24)18-8-13(21)22)19-12(20)7-6-10(17)16(25)26/h10-11,14,23H,2-9,17H2,1H3,(H,18,24)(H,19,20)(H,21,22)(H,25,26)/t10-,11-,14?/m0/s1. The lowest BCUT2D eigenvalue weighted by Crippen LogP contribution is -2.49. The largest absolute Gasteiger partial charge is 0.480 e. The summed E-state index contributed by atoms with van der Waals surface area (Å²) in [5, 5.41) is 31.9. The number of carbonyl (C=O) groups excluding carboxylic acids is 2. The minimum absolute atomic E-state index is 0.0511. The van der Waals surface area contributed by atoms with Gasteiger partial charge in [-0.25, -0.2) is 0 Å². The second-order valence-electron chi connectivity index (χ2n) is 6.00. The van der Waals surface area contributed by atoms with Gasteiger partial charge in [-0.1, -0.05) is 26.2 Å². The average molecular weight is 407 g/mol. The van der Waals surface area contributed by atoms with Crippen LogP contribution in [0.1, 0.15) is 45.4 Å². The fraction of sp³-hybridized carbons (Fsp3) is 0.750. The Morgan fingerprint density at radius 1 is 1.11 bits per heavy atom. The quantitative estimate of drug-likeness (QED) is 0.154. The van der Waals surface area contributed by atoms with Crippen molar-refractivity contribution in [1.29, 1.82) is 0 Å². The molecule has 0 aliphatic rings. The Hall–Kier alpha value is -1.85. The van der Waals surface area contributed by atoms with Crippen LogP contribution in [0.15, 0.2) is 0 Å². The van der Waals surface area contributed by atoms with Gasteiger partial charge in [0.1, 0.15) is 18.6 Å². The van der Waals surface area contributed by atoms with Crippen LogP contribution in [0.2, 0.25) is 0 Å². The highest BCUT2D eigenvalue weighted by atomic mass is 32.2. The number of aliphatic hydroxyl groups is 1. The maximum atomic E-state index is 12.1. The van der Waals surface area contributed by atoms with Crippen molar-refractivity contribution < 1.29 is 34.5 Å². The van der Waals surface area contributed by atoms with Crippen molar-refractivity contribution in [1.82, 2.24) is 10.6 Å². The van der Waals surface area contributed by atoms with Crippen LogP contribution < -0.4 is 16.4 Å². The molecule has 27 heavy (non-hydrogen) atoms. The molecule has 2 amide bonds. The number of nitrogens with two attached hydrogens (primary N) is 1. The van der Waals surface area contributed by atoms with Crippen LogP contribution in [0, 0.1) is 0 Å². The van der Waals surface area contributed by atoms with Gasteiger partial charge in [-0.3, -0.25) is 19.2 Å². The number of aliphatic carboxylic acids is 2. The van der Waals surface area contributed by atoms with E-state index in [1.54, 1.807) is 0 Å². The molecule has 0 aromatic carbocycles. The Kier molecular flexibility index (Phi) is 13.3. The van der Waals surface area contributed by atoms with Crippen LogP contribution in [0.4, 0.5) is 0 Å². The first kappa shape index (κ1) is 25.1. The van der Waals surface area contributed by atoms with Crippen LogP contribution in [0.3, 0.4) is 0 Å². The minimum atomic E-state index is -1.23. The van der Waals surface area contributed by atoms with E-state index in [-0.39, 0.29) is 18.6 Å². The van der Waals surface area contributed by atoms with Crippen LogP contribution >= 0.6 is 11.8 Å². The molecule has 0 saturated heterocycles. The Bertz CT molecular complexity index is 504. The molecule has 0 aromatic heterocycles. The third-order valence-electron chi connectivity index (χ3n) is 3.58. The van der Waals surface area contributed by atoms with Crippen molar-refractivity contribution in [3.63, 3.8) is 0 Å². The SMILES string of the molecule is CCCCCC(O)SC[C@H](NC(=O)CC[C@H](N)C(=O)O)C(=O)NCC(=O)O. The number of carboxylic acids is 2. The Morgan fingerprint density at radius 3 is 2.33 bits per heavy atom. The third-order valence-corrected chi connectivity index (χ3v) is 4.72. The van der Waals surface area contributed by atoms with E-state index in [1.165, 1.54) is 0 Å². The van der Waals surface area contributed by atoms with E-state index < -0.39 is 47.8 Å². The molecular formula is C16H29N3O7S. The van der Waals surface area contributed by atoms with E-state index in [4.69, 9.17) is 15.9 Å². The maximum Gasteiger partial charge on any atom is 0.322 e. The van der Waals surface area contributed by atoms with E-state index in [0.717, 1.165) is 31.0 Å². The Labute approximate surface area is 162 Å². The predicted molar refractivity (Wildman–Crippen MR) is 100 cm³/mol. The van der Waals surface area contributed by atoms with Crippen molar-refractivity contribution in [3.05, 3.63) is 0 Å². The van der Waals surface area contributed by atoms with E-state index in [1.807, 2.05) is 6.92 Å². The zero-order valence-corrected chi connectivity index (χ0v) is 16.2. The summed E-state index contributed by atoms with van der Waals surface area (Å²) in [7, 11) is 0.